The van der Waals surface area contributed by atoms with Gasteiger partial charge in [0.05, 0.1) is 19.2 Å². The monoisotopic (exact) mass is 363 g/mol. The zero-order chi connectivity index (χ0) is 17.0. The number of hydrogen-bond acceptors (Lipinski definition) is 6. The minimum Gasteiger partial charge on any atom is -0.393 e. The predicted molar refractivity (Wildman–Crippen MR) is 94.8 cm³/mol. The van der Waals surface area contributed by atoms with Gasteiger partial charge in [-0.15, -0.1) is 0 Å². The van der Waals surface area contributed by atoms with Gasteiger partial charge in [-0.05, 0) is 18.4 Å². The minimum absolute atomic E-state index is 0.0539. The Morgan fingerprint density at radius 1 is 1.36 bits per heavy atom. The van der Waals surface area contributed by atoms with Crippen LogP contribution in [0.4, 0.5) is 0 Å². The quantitative estimate of drug-likeness (QED) is 0.635. The molecule has 1 aromatic rings. The molecule has 5 rings (SSSR count). The van der Waals surface area contributed by atoms with Crippen molar-refractivity contribution < 1.29 is 23.6 Å². The summed E-state index contributed by atoms with van der Waals surface area (Å²) in [5.74, 6) is 0. The average molecular weight is 363 g/mol. The van der Waals surface area contributed by atoms with E-state index in [2.05, 4.69) is 28.9 Å². The second-order valence-corrected chi connectivity index (χ2v) is 8.81. The second-order valence-electron chi connectivity index (χ2n) is 7.39. The number of aliphatic hydroxyl groups is 1. The third kappa shape index (κ3) is 2.53. The van der Waals surface area contributed by atoms with Crippen molar-refractivity contribution in [3.8, 4) is 0 Å². The van der Waals surface area contributed by atoms with Crippen LogP contribution >= 0.6 is 8.53 Å². The summed E-state index contributed by atoms with van der Waals surface area (Å²) in [5, 5.41) is 9.89. The van der Waals surface area contributed by atoms with Crippen LogP contribution in [-0.2, 0) is 18.5 Å². The Balaban J connectivity index is 1.38. The fraction of sp³-hybridized carbons (Fsp3) is 0.647. The van der Waals surface area contributed by atoms with Crippen molar-refractivity contribution in [2.24, 2.45) is 0 Å². The van der Waals surface area contributed by atoms with Crippen LogP contribution in [0.25, 0.3) is 0 Å². The lowest BCUT2D eigenvalue weighted by atomic mass is 9.92. The van der Waals surface area contributed by atoms with Crippen molar-refractivity contribution in [3.63, 3.8) is 0 Å². The van der Waals surface area contributed by atoms with E-state index in [0.717, 1.165) is 13.0 Å². The van der Waals surface area contributed by atoms with E-state index in [1.54, 1.807) is 0 Å². The molecule has 7 atom stereocenters. The first-order chi connectivity index (χ1) is 12.2. The van der Waals surface area contributed by atoms with Gasteiger partial charge in [0.15, 0.2) is 0 Å². The molecule has 4 aliphatic rings. The van der Waals surface area contributed by atoms with Crippen molar-refractivity contribution in [1.82, 2.24) is 4.67 Å². The molecule has 1 N–H and O–H groups in total. The molecule has 0 amide bonds. The fourth-order valence-electron chi connectivity index (χ4n) is 4.58. The van der Waals surface area contributed by atoms with E-state index in [-0.39, 0.29) is 30.9 Å². The molecule has 25 heavy (non-hydrogen) atoms. The number of aliphatic hydroxyl groups excluding tert-OH is 1. The van der Waals surface area contributed by atoms with E-state index >= 15 is 0 Å². The van der Waals surface area contributed by atoms with Gasteiger partial charge < -0.3 is 23.6 Å². The number of ether oxygens (including phenoxy) is 2. The number of fused-ring (bicyclic) bond motifs is 3. The molecule has 0 aromatic heterocycles. The number of benzene rings is 1. The summed E-state index contributed by atoms with van der Waals surface area (Å²) < 4.78 is 27.0. The summed E-state index contributed by atoms with van der Waals surface area (Å²) in [6, 6.07) is 10.7. The number of hydrogen-bond donors (Lipinski definition) is 1. The topological polar surface area (TPSA) is 60.4 Å². The maximum atomic E-state index is 9.89. The van der Waals surface area contributed by atoms with Gasteiger partial charge in [-0.2, -0.15) is 0 Å². The highest BCUT2D eigenvalue weighted by Gasteiger charge is 2.62. The minimum atomic E-state index is -1.17. The van der Waals surface area contributed by atoms with Crippen LogP contribution < -0.4 is 0 Å². The molecule has 8 heteroatoms. The van der Waals surface area contributed by atoms with Crippen LogP contribution in [0, 0.1) is 0 Å². The largest absolute Gasteiger partial charge is 0.393 e. The van der Waals surface area contributed by atoms with Crippen LogP contribution in [0.1, 0.15) is 24.5 Å². The van der Waals surface area contributed by atoms with E-state index in [1.165, 1.54) is 12.0 Å². The van der Waals surface area contributed by atoms with Gasteiger partial charge in [-0.1, -0.05) is 30.3 Å². The van der Waals surface area contributed by atoms with E-state index in [9.17, 15) is 5.11 Å². The smallest absolute Gasteiger partial charge is 0.260 e. The molecule has 0 radical (unpaired) electrons. The lowest BCUT2D eigenvalue weighted by Crippen LogP contribution is -2.45. The highest BCUT2D eigenvalue weighted by atomic mass is 31.2. The Labute approximate surface area is 149 Å². The summed E-state index contributed by atoms with van der Waals surface area (Å²) >= 11 is 0. The third-order valence-electron chi connectivity index (χ3n) is 5.85. The van der Waals surface area contributed by atoms with Crippen LogP contribution in [0.3, 0.4) is 0 Å². The van der Waals surface area contributed by atoms with Crippen LogP contribution in [0.2, 0.25) is 0 Å². The average Bonchev–Trinajstić information content (AvgIpc) is 3.37. The summed E-state index contributed by atoms with van der Waals surface area (Å²) in [6.45, 7) is 1.30. The lowest BCUT2D eigenvalue weighted by molar-refractivity contribution is -0.135. The molecule has 5 unspecified atom stereocenters. The first-order valence-corrected chi connectivity index (χ1v) is 10.2. The molecular formula is C17H23BNO5P. The lowest BCUT2D eigenvalue weighted by Gasteiger charge is -2.30. The zero-order valence-electron chi connectivity index (χ0n) is 14.3. The molecule has 6 nitrogen and oxygen atoms in total. The summed E-state index contributed by atoms with van der Waals surface area (Å²) in [4.78, 5) is 0. The molecule has 4 heterocycles. The molecule has 0 spiro atoms. The molecule has 0 saturated carbocycles. The van der Waals surface area contributed by atoms with Crippen molar-refractivity contribution in [2.45, 2.75) is 48.8 Å². The number of nitrogens with zero attached hydrogens (tertiary/aromatic N) is 1. The highest BCUT2D eigenvalue weighted by molar-refractivity contribution is 7.45. The molecule has 0 aliphatic carbocycles. The van der Waals surface area contributed by atoms with Crippen LogP contribution in [-0.4, -0.2) is 67.2 Å². The van der Waals surface area contributed by atoms with E-state index in [4.69, 9.17) is 18.5 Å². The molecular weight excluding hydrogens is 340 g/mol. The fourth-order valence-corrected chi connectivity index (χ4v) is 6.62. The first kappa shape index (κ1) is 16.6. The molecule has 1 aromatic carbocycles. The van der Waals surface area contributed by atoms with Gasteiger partial charge in [0.1, 0.15) is 31.8 Å². The van der Waals surface area contributed by atoms with Crippen LogP contribution in [0.5, 0.6) is 0 Å². The third-order valence-corrected chi connectivity index (χ3v) is 7.58. The molecule has 134 valence electrons. The van der Waals surface area contributed by atoms with Gasteiger partial charge in [0.2, 0.25) is 0 Å². The van der Waals surface area contributed by atoms with E-state index < -0.39 is 14.1 Å². The van der Waals surface area contributed by atoms with Gasteiger partial charge in [-0.3, -0.25) is 0 Å². The Morgan fingerprint density at radius 2 is 2.20 bits per heavy atom. The van der Waals surface area contributed by atoms with Crippen molar-refractivity contribution in [2.75, 3.05) is 19.8 Å². The van der Waals surface area contributed by atoms with Crippen molar-refractivity contribution >= 4 is 16.4 Å². The Kier molecular flexibility index (Phi) is 4.17. The van der Waals surface area contributed by atoms with Gasteiger partial charge in [-0.25, -0.2) is 4.67 Å². The maximum absolute atomic E-state index is 9.89. The molecule has 2 bridgehead atoms. The highest BCUT2D eigenvalue weighted by Crippen LogP contribution is 2.62. The van der Waals surface area contributed by atoms with Crippen molar-refractivity contribution in [3.05, 3.63) is 35.9 Å². The Hall–Kier alpha value is -0.525. The summed E-state index contributed by atoms with van der Waals surface area (Å²) in [6.07, 6.45) is 1.95. The Bertz CT molecular complexity index is 639. The molecule has 4 saturated heterocycles. The van der Waals surface area contributed by atoms with Crippen molar-refractivity contribution in [1.29, 1.82) is 0 Å². The Morgan fingerprint density at radius 3 is 2.96 bits per heavy atom. The number of rotatable bonds is 4. The molecule has 4 aliphatic heterocycles. The van der Waals surface area contributed by atoms with Gasteiger partial charge in [0, 0.05) is 12.6 Å². The SMILES string of the molecule is B[C@@H]1O[C@@]2(CO)COC1C2OP1OC(c2ccccc2)C2CCCN21. The normalized spacial score (nSPS) is 46.0. The maximum Gasteiger partial charge on any atom is 0.260 e. The van der Waals surface area contributed by atoms with Gasteiger partial charge >= 0.3 is 0 Å². The zero-order valence-corrected chi connectivity index (χ0v) is 15.2. The predicted octanol–water partition coefficient (Wildman–Crippen LogP) is 0.954. The first-order valence-electron chi connectivity index (χ1n) is 9.07. The summed E-state index contributed by atoms with van der Waals surface area (Å²) in [7, 11) is 0.811. The second kappa shape index (κ2) is 6.27. The molecule has 4 fully saturated rings. The standard InChI is InChI=1S/C17H23BNO5P/c18-16-14-15(17(9-20,22-16)10-21-14)24-25-19-8-4-7-12(19)13(23-25)11-5-2-1-3-6-11/h1-3,5-6,12-16,20H,4,7-10,18H2/t12?,13?,14?,15?,16-,17+,25?/m1/s1. The van der Waals surface area contributed by atoms with E-state index in [0.29, 0.717) is 12.6 Å². The summed E-state index contributed by atoms with van der Waals surface area (Å²) in [5.41, 5.74) is 0.468. The van der Waals surface area contributed by atoms with Gasteiger partial charge in [0.25, 0.3) is 8.53 Å². The van der Waals surface area contributed by atoms with Crippen LogP contribution in [0.15, 0.2) is 30.3 Å². The van der Waals surface area contributed by atoms with E-state index in [1.807, 2.05) is 13.9 Å².